The van der Waals surface area contributed by atoms with Crippen LogP contribution in [0.25, 0.3) is 0 Å². The average Bonchev–Trinajstić information content (AvgIpc) is 2.48. The molecular weight excluding hydrogens is 274 g/mol. The number of nitrogens with zero attached hydrogens (tertiary/aromatic N) is 1. The Morgan fingerprint density at radius 2 is 1.86 bits per heavy atom. The topological polar surface area (TPSA) is 96.7 Å². The highest BCUT2D eigenvalue weighted by atomic mass is 16.6. The Morgan fingerprint density at radius 3 is 2.43 bits per heavy atom. The van der Waals surface area contributed by atoms with Crippen LogP contribution in [0.2, 0.25) is 0 Å². The summed E-state index contributed by atoms with van der Waals surface area (Å²) in [4.78, 5) is 10.5. The molecule has 3 N–H and O–H groups in total. The predicted octanol–water partition coefficient (Wildman–Crippen LogP) is 2.23. The lowest BCUT2D eigenvalue weighted by molar-refractivity contribution is -0.384. The Balaban J connectivity index is 2.54. The smallest absolute Gasteiger partial charge is 0.273 e. The zero-order chi connectivity index (χ0) is 15.5. The van der Waals surface area contributed by atoms with Crippen molar-refractivity contribution in [1.82, 2.24) is 0 Å². The largest absolute Gasteiger partial charge is 0.394 e. The summed E-state index contributed by atoms with van der Waals surface area (Å²) in [6.07, 6.45) is 1.72. The molecule has 0 aromatic heterocycles. The minimum atomic E-state index is -0.396. The number of nitro benzene ring substituents is 1. The normalized spacial score (nSPS) is 10.4. The Kier molecular flexibility index (Phi) is 8.15. The summed E-state index contributed by atoms with van der Waals surface area (Å²) in [5, 5.41) is 25.8. The number of nitro groups is 1. The molecule has 7 heteroatoms. The molecule has 0 spiro atoms. The van der Waals surface area contributed by atoms with Gasteiger partial charge in [0.05, 0.1) is 18.1 Å². The molecule has 1 aromatic carbocycles. The fourth-order valence-corrected chi connectivity index (χ4v) is 1.76. The Morgan fingerprint density at radius 1 is 1.19 bits per heavy atom. The number of anilines is 2. The molecule has 0 atom stereocenters. The van der Waals surface area contributed by atoms with Gasteiger partial charge >= 0.3 is 0 Å². The van der Waals surface area contributed by atoms with Crippen LogP contribution >= 0.6 is 0 Å². The molecular formula is C14H23N3O4. The Labute approximate surface area is 124 Å². The van der Waals surface area contributed by atoms with Crippen LogP contribution in [-0.4, -0.2) is 42.9 Å². The van der Waals surface area contributed by atoms with Crippen molar-refractivity contribution in [2.75, 3.05) is 43.5 Å². The van der Waals surface area contributed by atoms with E-state index in [1.54, 1.807) is 0 Å². The minimum absolute atomic E-state index is 0.0186. The predicted molar refractivity (Wildman–Crippen MR) is 82.9 cm³/mol. The number of hydrogen-bond acceptors (Lipinski definition) is 6. The SMILES string of the molecule is CCCNc1cc(NCCCOCCO)cc([N+](=O)[O-])c1. The third-order valence-corrected chi connectivity index (χ3v) is 2.74. The molecule has 0 unspecified atom stereocenters. The number of aliphatic hydroxyl groups is 1. The first-order valence-corrected chi connectivity index (χ1v) is 7.13. The zero-order valence-corrected chi connectivity index (χ0v) is 12.3. The highest BCUT2D eigenvalue weighted by molar-refractivity contribution is 5.63. The lowest BCUT2D eigenvalue weighted by atomic mass is 10.2. The summed E-state index contributed by atoms with van der Waals surface area (Å²) in [5.41, 5.74) is 1.52. The van der Waals surface area contributed by atoms with E-state index in [1.807, 2.05) is 13.0 Å². The first-order chi connectivity index (χ1) is 10.2. The van der Waals surface area contributed by atoms with Crippen molar-refractivity contribution in [1.29, 1.82) is 0 Å². The van der Waals surface area contributed by atoms with Crippen molar-refractivity contribution >= 4 is 17.1 Å². The van der Waals surface area contributed by atoms with Gasteiger partial charge in [0.25, 0.3) is 5.69 Å². The van der Waals surface area contributed by atoms with Crippen LogP contribution in [0.3, 0.4) is 0 Å². The van der Waals surface area contributed by atoms with Gasteiger partial charge in [0.2, 0.25) is 0 Å². The van der Waals surface area contributed by atoms with Gasteiger partial charge in [-0.2, -0.15) is 0 Å². The van der Waals surface area contributed by atoms with Gasteiger partial charge in [0, 0.05) is 43.2 Å². The quantitative estimate of drug-likeness (QED) is 0.329. The van der Waals surface area contributed by atoms with E-state index in [4.69, 9.17) is 9.84 Å². The van der Waals surface area contributed by atoms with E-state index < -0.39 is 4.92 Å². The van der Waals surface area contributed by atoms with Crippen LogP contribution in [0.4, 0.5) is 17.1 Å². The summed E-state index contributed by atoms with van der Waals surface area (Å²) in [5.74, 6) is 0. The van der Waals surface area contributed by atoms with Crippen molar-refractivity contribution in [3.63, 3.8) is 0 Å². The summed E-state index contributed by atoms with van der Waals surface area (Å²) in [6, 6.07) is 4.91. The van der Waals surface area contributed by atoms with Crippen LogP contribution in [0.1, 0.15) is 19.8 Å². The molecule has 0 aliphatic heterocycles. The standard InChI is InChI=1S/C14H23N3O4/c1-2-4-15-12-9-13(11-14(10-12)17(19)20)16-5-3-7-21-8-6-18/h9-11,15-16,18H,2-8H2,1H3. The van der Waals surface area contributed by atoms with E-state index in [0.29, 0.717) is 25.4 Å². The number of benzene rings is 1. The van der Waals surface area contributed by atoms with Crippen LogP contribution in [0.15, 0.2) is 18.2 Å². The molecule has 0 radical (unpaired) electrons. The third-order valence-electron chi connectivity index (χ3n) is 2.74. The van der Waals surface area contributed by atoms with Gasteiger partial charge in [-0.05, 0) is 18.9 Å². The molecule has 0 fully saturated rings. The molecule has 7 nitrogen and oxygen atoms in total. The molecule has 1 aromatic rings. The molecule has 0 amide bonds. The van der Waals surface area contributed by atoms with Crippen molar-refractivity contribution in [2.45, 2.75) is 19.8 Å². The number of rotatable bonds is 11. The van der Waals surface area contributed by atoms with E-state index in [2.05, 4.69) is 10.6 Å². The highest BCUT2D eigenvalue weighted by Gasteiger charge is 2.09. The van der Waals surface area contributed by atoms with E-state index >= 15 is 0 Å². The molecule has 0 aliphatic carbocycles. The Bertz CT molecular complexity index is 440. The van der Waals surface area contributed by atoms with Crippen molar-refractivity contribution in [2.24, 2.45) is 0 Å². The van der Waals surface area contributed by atoms with Gasteiger partial charge in [-0.1, -0.05) is 6.92 Å². The highest BCUT2D eigenvalue weighted by Crippen LogP contribution is 2.24. The van der Waals surface area contributed by atoms with Gasteiger partial charge in [-0.3, -0.25) is 10.1 Å². The summed E-state index contributed by atoms with van der Waals surface area (Å²) in [6.45, 7) is 4.36. The minimum Gasteiger partial charge on any atom is -0.394 e. The van der Waals surface area contributed by atoms with E-state index in [-0.39, 0.29) is 12.3 Å². The number of nitrogens with one attached hydrogen (secondary N) is 2. The number of hydrogen-bond donors (Lipinski definition) is 3. The first-order valence-electron chi connectivity index (χ1n) is 7.13. The van der Waals surface area contributed by atoms with Gasteiger partial charge in [-0.15, -0.1) is 0 Å². The maximum Gasteiger partial charge on any atom is 0.273 e. The summed E-state index contributed by atoms with van der Waals surface area (Å²) in [7, 11) is 0. The second kappa shape index (κ2) is 9.95. The van der Waals surface area contributed by atoms with Gasteiger partial charge in [0.1, 0.15) is 0 Å². The van der Waals surface area contributed by atoms with Gasteiger partial charge < -0.3 is 20.5 Å². The Hall–Kier alpha value is -1.86. The van der Waals surface area contributed by atoms with Crippen LogP contribution in [0.5, 0.6) is 0 Å². The number of aliphatic hydroxyl groups excluding tert-OH is 1. The van der Waals surface area contributed by atoms with E-state index in [1.165, 1.54) is 12.1 Å². The molecule has 21 heavy (non-hydrogen) atoms. The van der Waals surface area contributed by atoms with Crippen LogP contribution in [0, 0.1) is 10.1 Å². The lowest BCUT2D eigenvalue weighted by Crippen LogP contribution is -2.08. The second-order valence-corrected chi connectivity index (χ2v) is 4.57. The maximum absolute atomic E-state index is 10.9. The second-order valence-electron chi connectivity index (χ2n) is 4.57. The summed E-state index contributed by atoms with van der Waals surface area (Å²) >= 11 is 0. The molecule has 0 saturated carbocycles. The van der Waals surface area contributed by atoms with Crippen molar-refractivity contribution < 1.29 is 14.8 Å². The first kappa shape index (κ1) is 17.2. The fourth-order valence-electron chi connectivity index (χ4n) is 1.76. The number of non-ortho nitro benzene ring substituents is 1. The monoisotopic (exact) mass is 297 g/mol. The van der Waals surface area contributed by atoms with Gasteiger partial charge in [0.15, 0.2) is 0 Å². The fraction of sp³-hybridized carbons (Fsp3) is 0.571. The van der Waals surface area contributed by atoms with Crippen LogP contribution < -0.4 is 10.6 Å². The molecule has 0 saturated heterocycles. The van der Waals surface area contributed by atoms with Crippen molar-refractivity contribution in [3.8, 4) is 0 Å². The molecule has 0 heterocycles. The zero-order valence-electron chi connectivity index (χ0n) is 12.3. The lowest BCUT2D eigenvalue weighted by Gasteiger charge is -2.10. The average molecular weight is 297 g/mol. The molecule has 0 aliphatic rings. The third kappa shape index (κ3) is 6.92. The number of ether oxygens (including phenoxy) is 1. The molecule has 0 bridgehead atoms. The van der Waals surface area contributed by atoms with E-state index in [0.717, 1.165) is 25.1 Å². The van der Waals surface area contributed by atoms with Crippen molar-refractivity contribution in [3.05, 3.63) is 28.3 Å². The van der Waals surface area contributed by atoms with E-state index in [9.17, 15) is 10.1 Å². The van der Waals surface area contributed by atoms with Gasteiger partial charge in [-0.25, -0.2) is 0 Å². The molecule has 118 valence electrons. The van der Waals surface area contributed by atoms with Crippen LogP contribution in [-0.2, 0) is 4.74 Å². The maximum atomic E-state index is 10.9. The summed E-state index contributed by atoms with van der Waals surface area (Å²) < 4.78 is 5.15. The molecule has 1 rings (SSSR count).